The highest BCUT2D eigenvalue weighted by Gasteiger charge is 2.67. The van der Waals surface area contributed by atoms with Gasteiger partial charge in [0.05, 0.1) is 16.7 Å². The number of pyridine rings is 1. The van der Waals surface area contributed by atoms with E-state index in [2.05, 4.69) is 0 Å². The van der Waals surface area contributed by atoms with E-state index >= 15 is 0 Å². The summed E-state index contributed by atoms with van der Waals surface area (Å²) >= 11 is 5.89. The fourth-order valence-electron chi connectivity index (χ4n) is 6.63. The Balaban J connectivity index is 1.44. The molecule has 2 saturated carbocycles. The molecule has 10 heteroatoms. The number of amides is 2. The molecule has 0 radical (unpaired) electrons. The molecule has 0 bridgehead atoms. The maximum absolute atomic E-state index is 13.9. The number of carbonyl (C=O) groups is 2. The van der Waals surface area contributed by atoms with Crippen LogP contribution in [0.3, 0.4) is 0 Å². The normalized spacial score (nSPS) is 26.9. The quantitative estimate of drug-likeness (QED) is 0.637. The van der Waals surface area contributed by atoms with Gasteiger partial charge in [-0.3, -0.25) is 19.0 Å². The predicted octanol–water partition coefficient (Wildman–Crippen LogP) is 2.85. The molecule has 6 rings (SSSR count). The summed E-state index contributed by atoms with van der Waals surface area (Å²) in [5, 5.41) is 21.4. The molecule has 3 heterocycles. The van der Waals surface area contributed by atoms with Gasteiger partial charge in [0.15, 0.2) is 5.75 Å². The van der Waals surface area contributed by atoms with Crippen molar-refractivity contribution >= 4 is 23.4 Å². The molecule has 2 aromatic rings. The third kappa shape index (κ3) is 3.11. The number of aromatic hydroxyl groups is 1. The van der Waals surface area contributed by atoms with Crippen LogP contribution in [0.25, 0.3) is 0 Å². The van der Waals surface area contributed by atoms with Gasteiger partial charge in [-0.25, -0.2) is 4.39 Å². The molecule has 4 atom stereocenters. The number of carbonyl (C=O) groups excluding carboxylic acids is 2. The highest BCUT2D eigenvalue weighted by molar-refractivity contribution is 6.30. The second-order valence-electron chi connectivity index (χ2n) is 10.4. The lowest BCUT2D eigenvalue weighted by Gasteiger charge is -2.39. The highest BCUT2D eigenvalue weighted by atomic mass is 35.5. The van der Waals surface area contributed by atoms with Gasteiger partial charge in [0.1, 0.15) is 17.2 Å². The minimum atomic E-state index is -0.901. The largest absolute Gasteiger partial charge is 0.502 e. The summed E-state index contributed by atoms with van der Waals surface area (Å²) < 4.78 is 15.0. The van der Waals surface area contributed by atoms with Crippen molar-refractivity contribution in [2.75, 3.05) is 13.1 Å². The Bertz CT molecular complexity index is 1380. The molecule has 36 heavy (non-hydrogen) atoms. The van der Waals surface area contributed by atoms with Crippen molar-refractivity contribution in [2.24, 2.45) is 11.8 Å². The van der Waals surface area contributed by atoms with Crippen molar-refractivity contribution in [2.45, 2.75) is 57.3 Å². The summed E-state index contributed by atoms with van der Waals surface area (Å²) in [6, 6.07) is 4.19. The monoisotopic (exact) mass is 515 g/mol. The molecular formula is C26H27ClFN3O5. The molecule has 190 valence electrons. The van der Waals surface area contributed by atoms with Gasteiger partial charge >= 0.3 is 0 Å². The van der Waals surface area contributed by atoms with Crippen LogP contribution >= 0.6 is 11.6 Å². The van der Waals surface area contributed by atoms with Gasteiger partial charge in [-0.05, 0) is 55.7 Å². The minimum absolute atomic E-state index is 0.0588. The first-order valence-corrected chi connectivity index (χ1v) is 12.8. The average molecular weight is 516 g/mol. The summed E-state index contributed by atoms with van der Waals surface area (Å²) in [6.07, 6.45) is 2.34. The lowest BCUT2D eigenvalue weighted by molar-refractivity contribution is 0.000790. The van der Waals surface area contributed by atoms with Crippen LogP contribution in [0.15, 0.2) is 23.0 Å². The molecule has 1 spiro atoms. The Kier molecular flexibility index (Phi) is 5.25. The zero-order valence-corrected chi connectivity index (χ0v) is 20.6. The number of aromatic nitrogens is 1. The van der Waals surface area contributed by atoms with E-state index in [9.17, 15) is 29.0 Å². The molecule has 0 saturated heterocycles. The molecule has 1 aromatic carbocycles. The van der Waals surface area contributed by atoms with Crippen LogP contribution < -0.4 is 5.56 Å². The average Bonchev–Trinajstić information content (AvgIpc) is 3.50. The van der Waals surface area contributed by atoms with Gasteiger partial charge in [0.25, 0.3) is 17.4 Å². The molecule has 2 fully saturated rings. The fraction of sp³-hybridized carbons (Fsp3) is 0.500. The van der Waals surface area contributed by atoms with Crippen LogP contribution in [0.4, 0.5) is 4.39 Å². The van der Waals surface area contributed by atoms with Crippen molar-refractivity contribution < 1.29 is 24.2 Å². The second kappa shape index (κ2) is 8.05. The van der Waals surface area contributed by atoms with E-state index in [4.69, 9.17) is 11.6 Å². The van der Waals surface area contributed by atoms with Crippen LogP contribution in [0.2, 0.25) is 5.02 Å². The lowest BCUT2D eigenvalue weighted by Crippen LogP contribution is -2.52. The topological polar surface area (TPSA) is 103 Å². The Morgan fingerprint density at radius 1 is 1.25 bits per heavy atom. The maximum atomic E-state index is 13.9. The fourth-order valence-corrected chi connectivity index (χ4v) is 6.83. The smallest absolute Gasteiger partial charge is 0.296 e. The Labute approximate surface area is 211 Å². The molecule has 4 aliphatic rings. The molecular weight excluding hydrogens is 489 g/mol. The van der Waals surface area contributed by atoms with Crippen LogP contribution in [0.5, 0.6) is 5.75 Å². The first kappa shape index (κ1) is 23.5. The Morgan fingerprint density at radius 3 is 2.67 bits per heavy atom. The summed E-state index contributed by atoms with van der Waals surface area (Å²) in [7, 11) is 0. The zero-order valence-electron chi connectivity index (χ0n) is 19.8. The van der Waals surface area contributed by atoms with E-state index in [1.807, 2.05) is 6.92 Å². The highest BCUT2D eigenvalue weighted by Crippen LogP contribution is 2.64. The molecule has 2 N–H and O–H groups in total. The van der Waals surface area contributed by atoms with Crippen molar-refractivity contribution in [3.05, 3.63) is 61.8 Å². The zero-order chi connectivity index (χ0) is 25.5. The Hall–Kier alpha value is -2.91. The summed E-state index contributed by atoms with van der Waals surface area (Å²) in [5.74, 6) is -1.62. The third-order valence-corrected chi connectivity index (χ3v) is 8.80. The van der Waals surface area contributed by atoms with Crippen molar-refractivity contribution in [1.82, 2.24) is 14.4 Å². The van der Waals surface area contributed by atoms with Crippen LogP contribution in [0.1, 0.15) is 64.6 Å². The number of benzene rings is 1. The van der Waals surface area contributed by atoms with E-state index in [1.165, 1.54) is 27.7 Å². The Morgan fingerprint density at radius 2 is 2.03 bits per heavy atom. The summed E-state index contributed by atoms with van der Waals surface area (Å²) in [6.45, 7) is 2.31. The first-order valence-electron chi connectivity index (χ1n) is 12.4. The van der Waals surface area contributed by atoms with Gasteiger partial charge in [-0.1, -0.05) is 24.6 Å². The number of halogens is 2. The summed E-state index contributed by atoms with van der Waals surface area (Å²) in [5.41, 5.74) is -0.623. The van der Waals surface area contributed by atoms with Crippen LogP contribution in [-0.4, -0.2) is 55.6 Å². The van der Waals surface area contributed by atoms with Gasteiger partial charge in [-0.2, -0.15) is 0 Å². The maximum Gasteiger partial charge on any atom is 0.296 e. The molecule has 4 unspecified atom stereocenters. The van der Waals surface area contributed by atoms with E-state index in [0.717, 1.165) is 12.8 Å². The first-order chi connectivity index (χ1) is 17.2. The van der Waals surface area contributed by atoms with E-state index in [0.29, 0.717) is 29.9 Å². The molecule has 2 aliphatic heterocycles. The summed E-state index contributed by atoms with van der Waals surface area (Å²) in [4.78, 5) is 44.1. The minimum Gasteiger partial charge on any atom is -0.502 e. The number of aliphatic hydroxyl groups is 1. The van der Waals surface area contributed by atoms with Crippen molar-refractivity contribution in [3.8, 4) is 5.75 Å². The third-order valence-electron chi connectivity index (χ3n) is 8.51. The number of aliphatic hydroxyl groups excluding tert-OH is 1. The van der Waals surface area contributed by atoms with E-state index in [-0.39, 0.29) is 54.2 Å². The number of hydrogen-bond donors (Lipinski definition) is 2. The predicted molar refractivity (Wildman–Crippen MR) is 128 cm³/mol. The number of β-amino-alcohol motifs (C(OH)–C–C–N with tert-alkyl or cyclic N) is 1. The SMILES string of the molecule is CCC(O)CN1C(=O)c2c3c(c(O)c(=O)n2C12CCC1CC12)C(=O)N(Cc1ccc(F)c(Cl)c1)CC3. The molecule has 1 aromatic heterocycles. The van der Waals surface area contributed by atoms with Gasteiger partial charge in [0.2, 0.25) is 0 Å². The van der Waals surface area contributed by atoms with Gasteiger partial charge < -0.3 is 20.0 Å². The van der Waals surface area contributed by atoms with Gasteiger partial charge in [-0.15, -0.1) is 0 Å². The number of nitrogens with zero attached hydrogens (tertiary/aromatic N) is 3. The molecule has 8 nitrogen and oxygen atoms in total. The van der Waals surface area contributed by atoms with Gasteiger partial charge in [0, 0.05) is 31.1 Å². The van der Waals surface area contributed by atoms with Crippen molar-refractivity contribution in [1.29, 1.82) is 0 Å². The lowest BCUT2D eigenvalue weighted by atomic mass is 9.95. The molecule has 2 aliphatic carbocycles. The van der Waals surface area contributed by atoms with Crippen molar-refractivity contribution in [3.63, 3.8) is 0 Å². The number of rotatable bonds is 5. The number of fused-ring (bicyclic) bond motifs is 6. The number of hydrogen-bond acceptors (Lipinski definition) is 5. The van der Waals surface area contributed by atoms with Crippen LogP contribution in [0, 0.1) is 17.7 Å². The van der Waals surface area contributed by atoms with E-state index in [1.54, 1.807) is 4.90 Å². The van der Waals surface area contributed by atoms with Crippen LogP contribution in [-0.2, 0) is 18.6 Å². The standard InChI is InChI=1S/C26H27ClFN3O5/c1-2-15(32)12-30-24(35)21-16-6-8-29(11-13-3-4-19(28)18(27)9-13)23(34)20(16)22(33)25(36)31(21)26(30)7-5-14-10-17(14)26/h3-4,9,14-15,17,32-33H,2,5-8,10-12H2,1H3. The second-order valence-corrected chi connectivity index (χ2v) is 10.8. The van der Waals surface area contributed by atoms with E-state index < -0.39 is 34.8 Å². The molecule has 2 amide bonds.